The van der Waals surface area contributed by atoms with Gasteiger partial charge >= 0.3 is 0 Å². The molecule has 9 nitrogen and oxygen atoms in total. The number of amides is 3. The number of aromatic amines is 1. The van der Waals surface area contributed by atoms with Crippen LogP contribution in [0.1, 0.15) is 58.9 Å². The molecule has 6 unspecified atom stereocenters. The van der Waals surface area contributed by atoms with E-state index in [1.54, 1.807) is 21.1 Å². The maximum Gasteiger partial charge on any atom is 0.240 e. The fraction of sp³-hybridized carbons (Fsp3) is 0.633. The molecule has 1 aromatic carbocycles. The van der Waals surface area contributed by atoms with Crippen molar-refractivity contribution in [2.45, 2.75) is 84.1 Å². The number of hydrogen-bond donors (Lipinski definition) is 3. The lowest BCUT2D eigenvalue weighted by atomic mass is 9.87. The Labute approximate surface area is 232 Å². The Kier molecular flexibility index (Phi) is 10.9. The van der Waals surface area contributed by atoms with Gasteiger partial charge in [0.05, 0.1) is 30.6 Å². The number of fused-ring (bicyclic) bond motifs is 1. The van der Waals surface area contributed by atoms with E-state index in [0.717, 1.165) is 35.7 Å². The molecule has 2 aromatic rings. The number of primary amides is 1. The highest BCUT2D eigenvalue weighted by Crippen LogP contribution is 2.29. The number of nitrogens with two attached hydrogens (primary N) is 1. The molecule has 1 fully saturated rings. The van der Waals surface area contributed by atoms with Crippen molar-refractivity contribution in [2.24, 2.45) is 23.5 Å². The number of ether oxygens (including phenoxy) is 2. The van der Waals surface area contributed by atoms with Crippen LogP contribution in [-0.2, 0) is 30.3 Å². The van der Waals surface area contributed by atoms with E-state index in [9.17, 15) is 14.4 Å². The smallest absolute Gasteiger partial charge is 0.240 e. The van der Waals surface area contributed by atoms with Crippen LogP contribution in [0.15, 0.2) is 30.5 Å². The molecule has 1 saturated heterocycles. The number of carbonyl (C=O) groups excluding carboxylic acids is 3. The van der Waals surface area contributed by atoms with Crippen molar-refractivity contribution in [2.75, 3.05) is 20.8 Å². The summed E-state index contributed by atoms with van der Waals surface area (Å²) in [7, 11) is 3.23. The zero-order valence-electron chi connectivity index (χ0n) is 24.2. The van der Waals surface area contributed by atoms with Crippen LogP contribution >= 0.6 is 0 Å². The number of H-pyrrole nitrogens is 1. The topological polar surface area (TPSA) is 127 Å². The summed E-state index contributed by atoms with van der Waals surface area (Å²) in [5.74, 6) is -0.830. The van der Waals surface area contributed by atoms with Gasteiger partial charge in [0.15, 0.2) is 0 Å². The number of para-hydroxylation sites is 1. The molecule has 1 aliphatic heterocycles. The summed E-state index contributed by atoms with van der Waals surface area (Å²) in [5.41, 5.74) is 7.55. The summed E-state index contributed by atoms with van der Waals surface area (Å²) in [6.07, 6.45) is 4.32. The van der Waals surface area contributed by atoms with Gasteiger partial charge in [-0.05, 0) is 36.3 Å². The zero-order chi connectivity index (χ0) is 28.7. The van der Waals surface area contributed by atoms with Gasteiger partial charge in [-0.25, -0.2) is 0 Å². The SMILES string of the molecule is CCC(C)C(C)C(CC(=O)N1CCCC1C(OC)C(C)C(=O)N[C@@H](Cc1c[nH]c2ccccc12)C(N)=O)OC. The van der Waals surface area contributed by atoms with Crippen molar-refractivity contribution in [1.29, 1.82) is 0 Å². The van der Waals surface area contributed by atoms with Crippen LogP contribution in [-0.4, -0.2) is 72.7 Å². The van der Waals surface area contributed by atoms with E-state index in [2.05, 4.69) is 31.1 Å². The highest BCUT2D eigenvalue weighted by atomic mass is 16.5. The van der Waals surface area contributed by atoms with Crippen LogP contribution in [0, 0.1) is 17.8 Å². The van der Waals surface area contributed by atoms with E-state index in [0.29, 0.717) is 18.9 Å². The van der Waals surface area contributed by atoms with Gasteiger partial charge in [-0.15, -0.1) is 0 Å². The maximum absolute atomic E-state index is 13.4. The normalized spacial score (nSPS) is 20.3. The molecule has 0 saturated carbocycles. The van der Waals surface area contributed by atoms with Crippen LogP contribution in [0.25, 0.3) is 10.9 Å². The molecule has 7 atom stereocenters. The molecule has 3 amide bonds. The van der Waals surface area contributed by atoms with E-state index in [1.165, 1.54) is 0 Å². The second kappa shape index (κ2) is 13.9. The van der Waals surface area contributed by atoms with Crippen LogP contribution in [0.3, 0.4) is 0 Å². The number of likely N-dealkylation sites (tertiary alicyclic amines) is 1. The molecule has 4 N–H and O–H groups in total. The van der Waals surface area contributed by atoms with E-state index in [-0.39, 0.29) is 36.3 Å². The Morgan fingerprint density at radius 1 is 1.15 bits per heavy atom. The molecular formula is C30H46N4O5. The first kappa shape index (κ1) is 30.6. The van der Waals surface area contributed by atoms with E-state index in [1.807, 2.05) is 35.4 Å². The maximum atomic E-state index is 13.4. The molecule has 0 spiro atoms. The number of nitrogens with zero attached hydrogens (tertiary/aromatic N) is 1. The monoisotopic (exact) mass is 542 g/mol. The van der Waals surface area contributed by atoms with E-state index in [4.69, 9.17) is 15.2 Å². The summed E-state index contributed by atoms with van der Waals surface area (Å²) < 4.78 is 11.6. The Bertz CT molecular complexity index is 1120. The molecule has 3 rings (SSSR count). The van der Waals surface area contributed by atoms with Crippen molar-refractivity contribution in [1.82, 2.24) is 15.2 Å². The summed E-state index contributed by atoms with van der Waals surface area (Å²) in [5, 5.41) is 3.83. The molecular weight excluding hydrogens is 496 g/mol. The number of aromatic nitrogens is 1. The Balaban J connectivity index is 1.69. The van der Waals surface area contributed by atoms with Gasteiger partial charge in [0.2, 0.25) is 17.7 Å². The van der Waals surface area contributed by atoms with Crippen LogP contribution < -0.4 is 11.1 Å². The van der Waals surface area contributed by atoms with Gasteiger partial charge in [-0.3, -0.25) is 14.4 Å². The minimum atomic E-state index is -0.873. The summed E-state index contributed by atoms with van der Waals surface area (Å²) in [4.78, 5) is 44.2. The van der Waals surface area contributed by atoms with Gasteiger partial charge in [-0.1, -0.05) is 52.3 Å². The number of nitrogens with one attached hydrogen (secondary N) is 2. The fourth-order valence-electron chi connectivity index (χ4n) is 5.85. The van der Waals surface area contributed by atoms with Gasteiger partial charge in [0.1, 0.15) is 6.04 Å². The molecule has 1 aliphatic rings. The fourth-order valence-corrected chi connectivity index (χ4v) is 5.85. The van der Waals surface area contributed by atoms with E-state index < -0.39 is 24.0 Å². The quantitative estimate of drug-likeness (QED) is 0.337. The van der Waals surface area contributed by atoms with Crippen molar-refractivity contribution in [3.8, 4) is 0 Å². The number of benzene rings is 1. The third-order valence-electron chi connectivity index (χ3n) is 8.74. The predicted molar refractivity (Wildman–Crippen MR) is 152 cm³/mol. The van der Waals surface area contributed by atoms with Gasteiger partial charge < -0.3 is 30.4 Å². The number of rotatable bonds is 14. The second-order valence-corrected chi connectivity index (χ2v) is 11.0. The van der Waals surface area contributed by atoms with Crippen molar-refractivity contribution >= 4 is 28.6 Å². The van der Waals surface area contributed by atoms with Crippen molar-refractivity contribution in [3.05, 3.63) is 36.0 Å². The number of hydrogen-bond acceptors (Lipinski definition) is 5. The third-order valence-corrected chi connectivity index (χ3v) is 8.74. The summed E-state index contributed by atoms with van der Waals surface area (Å²) in [6.45, 7) is 8.85. The summed E-state index contributed by atoms with van der Waals surface area (Å²) in [6, 6.07) is 6.67. The molecule has 216 valence electrons. The average molecular weight is 543 g/mol. The first-order valence-corrected chi connectivity index (χ1v) is 14.1. The minimum Gasteiger partial charge on any atom is -0.381 e. The first-order valence-electron chi connectivity index (χ1n) is 14.1. The lowest BCUT2D eigenvalue weighted by Gasteiger charge is -2.35. The molecule has 0 radical (unpaired) electrons. The third kappa shape index (κ3) is 7.19. The Hall–Kier alpha value is -2.91. The lowest BCUT2D eigenvalue weighted by molar-refractivity contribution is -0.143. The van der Waals surface area contributed by atoms with Crippen LogP contribution in [0.4, 0.5) is 0 Å². The van der Waals surface area contributed by atoms with Gasteiger partial charge in [0.25, 0.3) is 0 Å². The van der Waals surface area contributed by atoms with Crippen molar-refractivity contribution < 1.29 is 23.9 Å². The van der Waals surface area contributed by atoms with Gasteiger partial charge in [-0.2, -0.15) is 0 Å². The highest BCUT2D eigenvalue weighted by Gasteiger charge is 2.41. The summed E-state index contributed by atoms with van der Waals surface area (Å²) >= 11 is 0. The highest BCUT2D eigenvalue weighted by molar-refractivity contribution is 5.89. The van der Waals surface area contributed by atoms with Crippen LogP contribution in [0.2, 0.25) is 0 Å². The lowest BCUT2D eigenvalue weighted by Crippen LogP contribution is -2.53. The van der Waals surface area contributed by atoms with Crippen LogP contribution in [0.5, 0.6) is 0 Å². The van der Waals surface area contributed by atoms with Gasteiger partial charge in [0, 0.05) is 44.3 Å². The Morgan fingerprint density at radius 2 is 1.87 bits per heavy atom. The average Bonchev–Trinajstić information content (AvgIpc) is 3.58. The molecule has 0 bridgehead atoms. The van der Waals surface area contributed by atoms with Crippen molar-refractivity contribution in [3.63, 3.8) is 0 Å². The number of carbonyl (C=O) groups is 3. The predicted octanol–water partition coefficient (Wildman–Crippen LogP) is 3.41. The number of methoxy groups -OCH3 is 2. The standard InChI is InChI=1S/C30H46N4O5/c1-7-18(2)19(3)26(38-5)16-27(35)34-14-10-13-25(34)28(39-6)20(4)30(37)33-24(29(31)36)15-21-17-32-23-12-9-8-11-22(21)23/h8-9,11-12,17-20,24-26,28,32H,7,10,13-16H2,1-6H3,(H2,31,36)(H,33,37)/t18?,19?,20?,24-,25?,26?,28?/m0/s1. The minimum absolute atomic E-state index is 0.0171. The molecule has 9 heteroatoms. The second-order valence-electron chi connectivity index (χ2n) is 11.0. The largest absolute Gasteiger partial charge is 0.381 e. The first-order chi connectivity index (χ1) is 18.6. The zero-order valence-corrected chi connectivity index (χ0v) is 24.2. The molecule has 39 heavy (non-hydrogen) atoms. The molecule has 2 heterocycles. The molecule has 0 aliphatic carbocycles. The Morgan fingerprint density at radius 3 is 2.51 bits per heavy atom. The van der Waals surface area contributed by atoms with E-state index >= 15 is 0 Å². The molecule has 1 aromatic heterocycles.